The lowest BCUT2D eigenvalue weighted by Gasteiger charge is -2.14. The van der Waals surface area contributed by atoms with Crippen molar-refractivity contribution in [2.45, 2.75) is 52.1 Å². The van der Waals surface area contributed by atoms with E-state index in [1.807, 2.05) is 0 Å². The van der Waals surface area contributed by atoms with Gasteiger partial charge in [0.2, 0.25) is 5.91 Å². The monoisotopic (exact) mass is 239 g/mol. The smallest absolute Gasteiger partial charge is 0.223 e. The van der Waals surface area contributed by atoms with E-state index in [0.29, 0.717) is 30.2 Å². The van der Waals surface area contributed by atoms with E-state index in [2.05, 4.69) is 12.2 Å². The average molecular weight is 239 g/mol. The minimum Gasteiger partial charge on any atom is -0.393 e. The fraction of sp³-hybridized carbons (Fsp3) is 0.929. The van der Waals surface area contributed by atoms with Crippen LogP contribution >= 0.6 is 0 Å². The van der Waals surface area contributed by atoms with Crippen molar-refractivity contribution in [1.82, 2.24) is 5.32 Å². The highest BCUT2D eigenvalue weighted by molar-refractivity contribution is 5.82. The molecule has 0 heterocycles. The van der Waals surface area contributed by atoms with Crippen LogP contribution in [-0.2, 0) is 4.79 Å². The summed E-state index contributed by atoms with van der Waals surface area (Å²) >= 11 is 0. The van der Waals surface area contributed by atoms with E-state index < -0.39 is 0 Å². The lowest BCUT2D eigenvalue weighted by Crippen LogP contribution is -2.31. The predicted molar refractivity (Wildman–Crippen MR) is 67.4 cm³/mol. The van der Waals surface area contributed by atoms with Crippen molar-refractivity contribution in [3.63, 3.8) is 0 Å². The average Bonchev–Trinajstić information content (AvgIpc) is 2.99. The van der Waals surface area contributed by atoms with Gasteiger partial charge in [0.1, 0.15) is 0 Å². The molecule has 17 heavy (non-hydrogen) atoms. The maximum absolute atomic E-state index is 12.0. The highest BCUT2D eigenvalue weighted by Crippen LogP contribution is 2.55. The van der Waals surface area contributed by atoms with Gasteiger partial charge in [-0.15, -0.1) is 0 Å². The van der Waals surface area contributed by atoms with Crippen LogP contribution in [0.15, 0.2) is 0 Å². The van der Waals surface area contributed by atoms with Crippen molar-refractivity contribution < 1.29 is 9.90 Å². The van der Waals surface area contributed by atoms with Crippen molar-refractivity contribution in [3.05, 3.63) is 0 Å². The first-order valence-corrected chi connectivity index (χ1v) is 7.05. The Morgan fingerprint density at radius 2 is 1.88 bits per heavy atom. The van der Waals surface area contributed by atoms with E-state index in [1.165, 1.54) is 25.7 Å². The molecule has 2 aliphatic rings. The van der Waals surface area contributed by atoms with Crippen LogP contribution in [0.1, 0.15) is 46.0 Å². The maximum atomic E-state index is 12.0. The molecule has 0 saturated heterocycles. The highest BCUT2D eigenvalue weighted by atomic mass is 16.3. The molecule has 3 heteroatoms. The third-order valence-corrected chi connectivity index (χ3v) is 4.33. The molecule has 2 saturated carbocycles. The largest absolute Gasteiger partial charge is 0.393 e. The number of amides is 1. The molecule has 2 fully saturated rings. The second-order valence-electron chi connectivity index (χ2n) is 6.07. The van der Waals surface area contributed by atoms with Crippen LogP contribution in [-0.4, -0.2) is 23.7 Å². The minimum atomic E-state index is -0.273. The zero-order valence-corrected chi connectivity index (χ0v) is 11.0. The zero-order chi connectivity index (χ0) is 12.4. The van der Waals surface area contributed by atoms with Crippen LogP contribution < -0.4 is 5.32 Å². The molecule has 98 valence electrons. The fourth-order valence-corrected chi connectivity index (χ4v) is 3.44. The van der Waals surface area contributed by atoms with Crippen LogP contribution in [0.5, 0.6) is 0 Å². The maximum Gasteiger partial charge on any atom is 0.223 e. The Morgan fingerprint density at radius 3 is 2.41 bits per heavy atom. The Kier molecular flexibility index (Phi) is 4.08. The van der Waals surface area contributed by atoms with Gasteiger partial charge in [0.15, 0.2) is 0 Å². The third kappa shape index (κ3) is 3.21. The van der Waals surface area contributed by atoms with Gasteiger partial charge in [-0.2, -0.15) is 0 Å². The Bertz CT molecular complexity index is 265. The molecule has 4 unspecified atom stereocenters. The van der Waals surface area contributed by atoms with Gasteiger partial charge in [0, 0.05) is 12.5 Å². The first-order valence-electron chi connectivity index (χ1n) is 7.05. The van der Waals surface area contributed by atoms with Crippen molar-refractivity contribution in [3.8, 4) is 0 Å². The molecule has 2 rings (SSSR count). The fourth-order valence-electron chi connectivity index (χ4n) is 3.44. The molecule has 0 aromatic rings. The van der Waals surface area contributed by atoms with E-state index in [4.69, 9.17) is 0 Å². The first kappa shape index (κ1) is 12.9. The van der Waals surface area contributed by atoms with Crippen LogP contribution in [0.2, 0.25) is 0 Å². The van der Waals surface area contributed by atoms with Crippen molar-refractivity contribution in [2.75, 3.05) is 6.54 Å². The van der Waals surface area contributed by atoms with E-state index in [-0.39, 0.29) is 12.0 Å². The molecular formula is C14H25NO2. The Labute approximate surface area is 104 Å². The number of aliphatic hydroxyl groups is 1. The summed E-state index contributed by atoms with van der Waals surface area (Å²) < 4.78 is 0. The molecule has 2 N–H and O–H groups in total. The van der Waals surface area contributed by atoms with Gasteiger partial charge in [-0.1, -0.05) is 19.8 Å². The summed E-state index contributed by atoms with van der Waals surface area (Å²) in [6.07, 6.45) is 5.62. The summed E-state index contributed by atoms with van der Waals surface area (Å²) in [6, 6.07) is 0. The van der Waals surface area contributed by atoms with Crippen LogP contribution in [0.25, 0.3) is 0 Å². The summed E-state index contributed by atoms with van der Waals surface area (Å²) in [6.45, 7) is 4.58. The summed E-state index contributed by atoms with van der Waals surface area (Å²) in [5.74, 6) is 2.32. The van der Waals surface area contributed by atoms with E-state index in [0.717, 1.165) is 6.42 Å². The number of hydrogen-bond donors (Lipinski definition) is 2. The first-order chi connectivity index (χ1) is 8.09. The number of rotatable bonds is 5. The van der Waals surface area contributed by atoms with E-state index in [1.54, 1.807) is 6.92 Å². The van der Waals surface area contributed by atoms with Gasteiger partial charge in [-0.05, 0) is 43.9 Å². The summed E-state index contributed by atoms with van der Waals surface area (Å²) in [5, 5.41) is 12.3. The number of hydrogen-bond acceptors (Lipinski definition) is 2. The van der Waals surface area contributed by atoms with Crippen molar-refractivity contribution in [1.29, 1.82) is 0 Å². The molecule has 0 aromatic heterocycles. The molecule has 0 spiro atoms. The lowest BCUT2D eigenvalue weighted by atomic mass is 10.0. The van der Waals surface area contributed by atoms with Crippen molar-refractivity contribution in [2.24, 2.45) is 23.7 Å². The molecule has 0 radical (unpaired) electrons. The molecule has 2 aliphatic carbocycles. The Balaban J connectivity index is 1.68. The van der Waals surface area contributed by atoms with Crippen molar-refractivity contribution >= 4 is 5.91 Å². The second-order valence-corrected chi connectivity index (χ2v) is 6.07. The third-order valence-electron chi connectivity index (χ3n) is 4.33. The minimum absolute atomic E-state index is 0.263. The molecule has 0 aliphatic heterocycles. The SMILES string of the molecule is CC(O)CC(C)CNC(=O)C1C2CCCCC21. The molecule has 4 atom stereocenters. The van der Waals surface area contributed by atoms with E-state index >= 15 is 0 Å². The summed E-state index contributed by atoms with van der Waals surface area (Å²) in [5.41, 5.74) is 0. The molecule has 0 aromatic carbocycles. The topological polar surface area (TPSA) is 49.3 Å². The second kappa shape index (κ2) is 5.38. The van der Waals surface area contributed by atoms with E-state index in [9.17, 15) is 9.90 Å². The van der Waals surface area contributed by atoms with Gasteiger partial charge in [-0.3, -0.25) is 4.79 Å². The molecular weight excluding hydrogens is 214 g/mol. The molecule has 1 amide bonds. The summed E-state index contributed by atoms with van der Waals surface area (Å²) in [7, 11) is 0. The normalized spacial score (nSPS) is 34.6. The number of aliphatic hydroxyl groups excluding tert-OH is 1. The van der Waals surface area contributed by atoms with Crippen LogP contribution in [0.4, 0.5) is 0 Å². The van der Waals surface area contributed by atoms with Gasteiger partial charge in [0.25, 0.3) is 0 Å². The zero-order valence-electron chi connectivity index (χ0n) is 11.0. The Hall–Kier alpha value is -0.570. The van der Waals surface area contributed by atoms with Crippen LogP contribution in [0.3, 0.4) is 0 Å². The summed E-state index contributed by atoms with van der Waals surface area (Å²) in [4.78, 5) is 12.0. The molecule has 0 bridgehead atoms. The van der Waals surface area contributed by atoms with Gasteiger partial charge in [0.05, 0.1) is 6.10 Å². The number of carbonyl (C=O) groups is 1. The predicted octanol–water partition coefficient (Wildman–Crippen LogP) is 1.95. The number of fused-ring (bicyclic) bond motifs is 1. The lowest BCUT2D eigenvalue weighted by molar-refractivity contribution is -0.123. The standard InChI is InChI=1S/C14H25NO2/c1-9(7-10(2)16)8-15-14(17)13-11-5-3-4-6-12(11)13/h9-13,16H,3-8H2,1-2H3,(H,15,17). The quantitative estimate of drug-likeness (QED) is 0.770. The number of carbonyl (C=O) groups excluding carboxylic acids is 1. The highest BCUT2D eigenvalue weighted by Gasteiger charge is 2.54. The van der Waals surface area contributed by atoms with Crippen LogP contribution in [0, 0.1) is 23.7 Å². The Morgan fingerprint density at radius 1 is 1.29 bits per heavy atom. The van der Waals surface area contributed by atoms with Gasteiger partial charge >= 0.3 is 0 Å². The molecule has 3 nitrogen and oxygen atoms in total. The van der Waals surface area contributed by atoms with Gasteiger partial charge < -0.3 is 10.4 Å². The number of nitrogens with one attached hydrogen (secondary N) is 1. The van der Waals surface area contributed by atoms with Gasteiger partial charge in [-0.25, -0.2) is 0 Å².